The van der Waals surface area contributed by atoms with Gasteiger partial charge in [0, 0.05) is 4.90 Å². The summed E-state index contributed by atoms with van der Waals surface area (Å²) in [6.07, 6.45) is 5.25. The van der Waals surface area contributed by atoms with Gasteiger partial charge in [0.15, 0.2) is 0 Å². The van der Waals surface area contributed by atoms with Crippen molar-refractivity contribution in [2.24, 2.45) is 23.1 Å². The van der Waals surface area contributed by atoms with E-state index in [2.05, 4.69) is 0 Å². The first kappa shape index (κ1) is 21.5. The summed E-state index contributed by atoms with van der Waals surface area (Å²) in [5.74, 6) is -2.79. The molecule has 10 nitrogen and oxygen atoms in total. The Morgan fingerprint density at radius 1 is 1.00 bits per heavy atom. The predicted molar refractivity (Wildman–Crippen MR) is 109 cm³/mol. The van der Waals surface area contributed by atoms with Crippen LogP contribution in [-0.4, -0.2) is 39.2 Å². The van der Waals surface area contributed by atoms with E-state index in [9.17, 15) is 29.4 Å². The standard InChI is InChI=1S/C19H23N3O7S/c20-13-12-11(29-8-9-4-2-1-3-5-9)7-6-10(16(23)24)14(12)30(18(21)27,19(22)28)15(13)17(25)26/h6-7,9H,1-5,8,20H2,(H2,21,27)(H2,22,28)(H,23,24)(H,25,26). The Balaban J connectivity index is 2.24. The lowest BCUT2D eigenvalue weighted by molar-refractivity contribution is -0.131. The van der Waals surface area contributed by atoms with Crippen LogP contribution in [-0.2, 0) is 4.79 Å². The summed E-state index contributed by atoms with van der Waals surface area (Å²) in [7, 11) is -3.91. The molecular formula is C19H23N3O7S. The van der Waals surface area contributed by atoms with Crippen molar-refractivity contribution >= 4 is 38.1 Å². The van der Waals surface area contributed by atoms with Gasteiger partial charge in [-0.1, -0.05) is 19.3 Å². The molecule has 0 saturated heterocycles. The maximum absolute atomic E-state index is 12.5. The van der Waals surface area contributed by atoms with Crippen molar-refractivity contribution in [3.63, 3.8) is 0 Å². The lowest BCUT2D eigenvalue weighted by Crippen LogP contribution is -2.33. The number of fused-ring (bicyclic) bond motifs is 1. The van der Waals surface area contributed by atoms with Crippen molar-refractivity contribution in [1.82, 2.24) is 0 Å². The Hall–Kier alpha value is -3.21. The van der Waals surface area contributed by atoms with Gasteiger partial charge in [-0.05, 0) is 40.9 Å². The van der Waals surface area contributed by atoms with Crippen LogP contribution in [0.5, 0.6) is 5.75 Å². The first-order valence-corrected chi connectivity index (χ1v) is 11.0. The van der Waals surface area contributed by atoms with Crippen molar-refractivity contribution in [3.05, 3.63) is 28.2 Å². The Kier molecular flexibility index (Phi) is 5.66. The van der Waals surface area contributed by atoms with Gasteiger partial charge in [0.25, 0.3) is 10.5 Å². The lowest BCUT2D eigenvalue weighted by atomic mass is 9.90. The Labute approximate surface area is 173 Å². The molecule has 2 amide bonds. The van der Waals surface area contributed by atoms with Gasteiger partial charge in [-0.15, -0.1) is 0 Å². The number of rotatable bonds is 5. The van der Waals surface area contributed by atoms with Crippen LogP contribution in [0, 0.1) is 5.92 Å². The van der Waals surface area contributed by atoms with Gasteiger partial charge in [0.1, 0.15) is 10.7 Å². The van der Waals surface area contributed by atoms with E-state index in [4.69, 9.17) is 21.9 Å². The Bertz CT molecular complexity index is 969. The van der Waals surface area contributed by atoms with Gasteiger partial charge in [0.2, 0.25) is 0 Å². The molecular weight excluding hydrogens is 414 g/mol. The van der Waals surface area contributed by atoms with Crippen LogP contribution in [0.3, 0.4) is 0 Å². The Morgan fingerprint density at radius 2 is 1.60 bits per heavy atom. The number of carboxylic acid groups (broad SMARTS) is 2. The SMILES string of the molecule is NC(=O)S1(C(N)=O)C(C(=O)O)=C(N)c2c(OCC3CCCCC3)ccc(C(=O)O)c21. The fraction of sp³-hybridized carbons (Fsp3) is 0.368. The first-order valence-electron chi connectivity index (χ1n) is 9.32. The molecule has 0 unspecified atom stereocenters. The number of aromatic carboxylic acids is 1. The number of primary amides is 2. The zero-order chi connectivity index (χ0) is 22.2. The lowest BCUT2D eigenvalue weighted by Gasteiger charge is -2.31. The number of nitrogens with two attached hydrogens (primary N) is 3. The number of hydrogen-bond donors (Lipinski definition) is 5. The van der Waals surface area contributed by atoms with E-state index in [1.54, 1.807) is 0 Å². The molecule has 162 valence electrons. The molecule has 0 aromatic heterocycles. The molecule has 11 heteroatoms. The third-order valence-corrected chi connectivity index (χ3v) is 8.72. The van der Waals surface area contributed by atoms with Crippen molar-refractivity contribution in [2.75, 3.05) is 6.61 Å². The molecule has 1 fully saturated rings. The molecule has 1 heterocycles. The van der Waals surface area contributed by atoms with E-state index in [-0.39, 0.29) is 22.1 Å². The zero-order valence-electron chi connectivity index (χ0n) is 16.1. The molecule has 0 spiro atoms. The molecule has 30 heavy (non-hydrogen) atoms. The fourth-order valence-electron chi connectivity index (χ4n) is 4.12. The van der Waals surface area contributed by atoms with Gasteiger partial charge in [-0.25, -0.2) is 9.59 Å². The molecule has 0 atom stereocenters. The van der Waals surface area contributed by atoms with Gasteiger partial charge < -0.3 is 32.2 Å². The van der Waals surface area contributed by atoms with Crippen LogP contribution in [0.1, 0.15) is 48.0 Å². The fourth-order valence-corrected chi connectivity index (χ4v) is 7.02. The topological polar surface area (TPSA) is 196 Å². The van der Waals surface area contributed by atoms with Crippen molar-refractivity contribution in [2.45, 2.75) is 37.0 Å². The second-order valence-corrected chi connectivity index (χ2v) is 10.1. The molecule has 1 aromatic rings. The molecule has 1 aliphatic heterocycles. The highest BCUT2D eigenvalue weighted by atomic mass is 32.3. The van der Waals surface area contributed by atoms with E-state index in [1.165, 1.54) is 6.07 Å². The van der Waals surface area contributed by atoms with Crippen molar-refractivity contribution < 1.29 is 34.1 Å². The maximum atomic E-state index is 12.5. The van der Waals surface area contributed by atoms with Crippen LogP contribution < -0.4 is 21.9 Å². The summed E-state index contributed by atoms with van der Waals surface area (Å²) in [5, 5.41) is 16.7. The van der Waals surface area contributed by atoms with Crippen molar-refractivity contribution in [3.8, 4) is 5.75 Å². The number of hydrogen-bond acceptors (Lipinski definition) is 6. The van der Waals surface area contributed by atoms with Gasteiger partial charge in [-0.2, -0.15) is 0 Å². The molecule has 8 N–H and O–H groups in total. The highest BCUT2D eigenvalue weighted by molar-refractivity contribution is 8.58. The van der Waals surface area contributed by atoms with E-state index in [1.807, 2.05) is 0 Å². The molecule has 1 aliphatic carbocycles. The number of carbonyl (C=O) groups is 4. The first-order chi connectivity index (χ1) is 14.1. The molecule has 2 aliphatic rings. The minimum absolute atomic E-state index is 0.0914. The Morgan fingerprint density at radius 3 is 2.10 bits per heavy atom. The van der Waals surface area contributed by atoms with Gasteiger partial charge >= 0.3 is 11.9 Å². The highest BCUT2D eigenvalue weighted by Crippen LogP contribution is 2.71. The summed E-state index contributed by atoms with van der Waals surface area (Å²) in [6, 6.07) is 2.48. The van der Waals surface area contributed by atoms with Gasteiger partial charge in [0.05, 0.1) is 23.4 Å². The molecule has 1 saturated carbocycles. The quantitative estimate of drug-likeness (QED) is 0.462. The summed E-state index contributed by atoms with van der Waals surface area (Å²) >= 11 is 0. The monoisotopic (exact) mass is 437 g/mol. The molecule has 0 bridgehead atoms. The third-order valence-electron chi connectivity index (χ3n) is 5.47. The summed E-state index contributed by atoms with van der Waals surface area (Å²) in [6.45, 7) is 0.310. The average molecular weight is 437 g/mol. The number of ether oxygens (including phenoxy) is 1. The van der Waals surface area contributed by atoms with Crippen LogP contribution >= 0.6 is 10.0 Å². The van der Waals surface area contributed by atoms with Crippen LogP contribution in [0.4, 0.5) is 9.59 Å². The summed E-state index contributed by atoms with van der Waals surface area (Å²) in [4.78, 5) is 47.6. The number of carbonyl (C=O) groups excluding carboxylic acids is 2. The number of amides is 2. The molecule has 1 aromatic carbocycles. The maximum Gasteiger partial charge on any atom is 0.344 e. The average Bonchev–Trinajstić information content (AvgIpc) is 2.97. The second-order valence-electron chi connectivity index (χ2n) is 7.23. The van der Waals surface area contributed by atoms with E-state index in [0.717, 1.165) is 38.2 Å². The summed E-state index contributed by atoms with van der Waals surface area (Å²) in [5.41, 5.74) is 15.9. The van der Waals surface area contributed by atoms with E-state index in [0.29, 0.717) is 6.61 Å². The normalized spacial score (nSPS) is 19.1. The largest absolute Gasteiger partial charge is 0.493 e. The number of carboxylic acids is 2. The third kappa shape index (κ3) is 3.15. The smallest absolute Gasteiger partial charge is 0.344 e. The van der Waals surface area contributed by atoms with Crippen molar-refractivity contribution in [1.29, 1.82) is 0 Å². The molecule has 0 radical (unpaired) electrons. The second kappa shape index (κ2) is 7.90. The van der Waals surface area contributed by atoms with Gasteiger partial charge in [-0.3, -0.25) is 9.59 Å². The van der Waals surface area contributed by atoms with Crippen LogP contribution in [0.15, 0.2) is 21.9 Å². The van der Waals surface area contributed by atoms with E-state index < -0.39 is 48.6 Å². The van der Waals surface area contributed by atoms with Crippen LogP contribution in [0.25, 0.3) is 5.70 Å². The highest BCUT2D eigenvalue weighted by Gasteiger charge is 2.55. The van der Waals surface area contributed by atoms with Crippen LogP contribution in [0.2, 0.25) is 0 Å². The summed E-state index contributed by atoms with van der Waals surface area (Å²) < 4.78 is 5.88. The number of aliphatic carboxylic acids is 1. The zero-order valence-corrected chi connectivity index (χ0v) is 16.9. The molecule has 3 rings (SSSR count). The minimum atomic E-state index is -3.91. The predicted octanol–water partition coefficient (Wildman–Crippen LogP) is 2.39. The number of benzene rings is 1. The minimum Gasteiger partial charge on any atom is -0.493 e. The van der Waals surface area contributed by atoms with E-state index >= 15 is 0 Å².